The summed E-state index contributed by atoms with van der Waals surface area (Å²) in [4.78, 5) is 1.20. The third kappa shape index (κ3) is 2.70. The van der Waals surface area contributed by atoms with Crippen molar-refractivity contribution in [2.75, 3.05) is 0 Å². The SMILES string of the molecule is NCc1c(Br)cccc1SCc1ccco1. The number of furan rings is 1. The summed E-state index contributed by atoms with van der Waals surface area (Å²) in [6, 6.07) is 10.0. The van der Waals surface area contributed by atoms with Gasteiger partial charge in [-0.1, -0.05) is 22.0 Å². The van der Waals surface area contributed by atoms with Gasteiger partial charge in [-0.05, 0) is 29.8 Å². The van der Waals surface area contributed by atoms with E-state index in [0.29, 0.717) is 6.54 Å². The van der Waals surface area contributed by atoms with Crippen LogP contribution >= 0.6 is 27.7 Å². The molecule has 0 bridgehead atoms. The van der Waals surface area contributed by atoms with Crippen molar-refractivity contribution in [3.63, 3.8) is 0 Å². The first-order chi connectivity index (χ1) is 7.81. The van der Waals surface area contributed by atoms with Crippen LogP contribution in [0, 0.1) is 0 Å². The van der Waals surface area contributed by atoms with Gasteiger partial charge in [0, 0.05) is 15.9 Å². The van der Waals surface area contributed by atoms with E-state index in [9.17, 15) is 0 Å². The van der Waals surface area contributed by atoms with Gasteiger partial charge in [-0.15, -0.1) is 11.8 Å². The van der Waals surface area contributed by atoms with Crippen molar-refractivity contribution < 1.29 is 4.42 Å². The van der Waals surface area contributed by atoms with Crippen molar-refractivity contribution >= 4 is 27.7 Å². The van der Waals surface area contributed by atoms with E-state index in [0.717, 1.165) is 21.5 Å². The maximum absolute atomic E-state index is 5.73. The second kappa shape index (κ2) is 5.57. The molecular weight excluding hydrogens is 286 g/mol. The second-order valence-corrected chi connectivity index (χ2v) is 5.16. The average molecular weight is 298 g/mol. The topological polar surface area (TPSA) is 39.2 Å². The van der Waals surface area contributed by atoms with Crippen molar-refractivity contribution in [1.29, 1.82) is 0 Å². The first-order valence-corrected chi connectivity index (χ1v) is 6.71. The number of hydrogen-bond acceptors (Lipinski definition) is 3. The second-order valence-electron chi connectivity index (χ2n) is 3.29. The minimum Gasteiger partial charge on any atom is -0.468 e. The molecule has 0 aliphatic heterocycles. The van der Waals surface area contributed by atoms with E-state index in [4.69, 9.17) is 10.2 Å². The zero-order valence-electron chi connectivity index (χ0n) is 8.65. The molecular formula is C12H12BrNOS. The van der Waals surface area contributed by atoms with Crippen LogP contribution in [0.4, 0.5) is 0 Å². The van der Waals surface area contributed by atoms with Gasteiger partial charge in [-0.2, -0.15) is 0 Å². The molecule has 0 spiro atoms. The number of nitrogens with two attached hydrogens (primary N) is 1. The summed E-state index contributed by atoms with van der Waals surface area (Å²) in [5, 5.41) is 0. The van der Waals surface area contributed by atoms with Gasteiger partial charge in [0.25, 0.3) is 0 Å². The lowest BCUT2D eigenvalue weighted by Gasteiger charge is -2.08. The molecule has 0 aliphatic carbocycles. The molecule has 2 rings (SSSR count). The lowest BCUT2D eigenvalue weighted by atomic mass is 10.2. The average Bonchev–Trinajstić information content (AvgIpc) is 2.79. The third-order valence-electron chi connectivity index (χ3n) is 2.23. The highest BCUT2D eigenvalue weighted by atomic mass is 79.9. The highest BCUT2D eigenvalue weighted by molar-refractivity contribution is 9.10. The molecule has 1 aromatic carbocycles. The molecule has 2 aromatic rings. The van der Waals surface area contributed by atoms with Crippen LogP contribution in [0.3, 0.4) is 0 Å². The van der Waals surface area contributed by atoms with Gasteiger partial charge in [0.1, 0.15) is 5.76 Å². The Balaban J connectivity index is 2.12. The van der Waals surface area contributed by atoms with E-state index in [1.54, 1.807) is 18.0 Å². The van der Waals surface area contributed by atoms with Crippen LogP contribution in [0.15, 0.2) is 50.4 Å². The fraction of sp³-hybridized carbons (Fsp3) is 0.167. The zero-order chi connectivity index (χ0) is 11.4. The van der Waals surface area contributed by atoms with Gasteiger partial charge in [0.05, 0.1) is 12.0 Å². The molecule has 16 heavy (non-hydrogen) atoms. The lowest BCUT2D eigenvalue weighted by molar-refractivity contribution is 0.530. The molecule has 0 unspecified atom stereocenters. The standard InChI is InChI=1S/C12H12BrNOS/c13-11-4-1-5-12(10(11)7-14)16-8-9-3-2-6-15-9/h1-6H,7-8,14H2. The fourth-order valence-corrected chi connectivity index (χ4v) is 3.08. The van der Waals surface area contributed by atoms with Gasteiger partial charge < -0.3 is 10.2 Å². The van der Waals surface area contributed by atoms with Gasteiger partial charge in [-0.25, -0.2) is 0 Å². The van der Waals surface area contributed by atoms with E-state index in [-0.39, 0.29) is 0 Å². The molecule has 1 aromatic heterocycles. The van der Waals surface area contributed by atoms with Gasteiger partial charge in [0.2, 0.25) is 0 Å². The summed E-state index contributed by atoms with van der Waals surface area (Å²) in [6.45, 7) is 0.544. The number of thioether (sulfide) groups is 1. The molecule has 2 nitrogen and oxygen atoms in total. The molecule has 0 aliphatic rings. The summed E-state index contributed by atoms with van der Waals surface area (Å²) in [7, 11) is 0. The van der Waals surface area contributed by atoms with Crippen LogP contribution in [0.2, 0.25) is 0 Å². The Morgan fingerprint density at radius 2 is 2.12 bits per heavy atom. The maximum atomic E-state index is 5.73. The minimum absolute atomic E-state index is 0.544. The number of halogens is 1. The molecule has 2 N–H and O–H groups in total. The van der Waals surface area contributed by atoms with Crippen molar-refractivity contribution in [2.24, 2.45) is 5.73 Å². The van der Waals surface area contributed by atoms with Crippen molar-refractivity contribution in [2.45, 2.75) is 17.2 Å². The van der Waals surface area contributed by atoms with Crippen LogP contribution in [-0.2, 0) is 12.3 Å². The summed E-state index contributed by atoms with van der Waals surface area (Å²) in [5.41, 5.74) is 6.89. The molecule has 1 heterocycles. The Bertz CT molecular complexity index is 456. The highest BCUT2D eigenvalue weighted by Crippen LogP contribution is 2.30. The zero-order valence-corrected chi connectivity index (χ0v) is 11.1. The van der Waals surface area contributed by atoms with E-state index < -0.39 is 0 Å². The summed E-state index contributed by atoms with van der Waals surface area (Å²) in [6.07, 6.45) is 1.70. The highest BCUT2D eigenvalue weighted by Gasteiger charge is 2.06. The van der Waals surface area contributed by atoms with Gasteiger partial charge in [0.15, 0.2) is 0 Å². The monoisotopic (exact) mass is 297 g/mol. The Kier molecular flexibility index (Phi) is 4.09. The Labute approximate surface area is 107 Å². The first-order valence-electron chi connectivity index (χ1n) is 4.94. The summed E-state index contributed by atoms with van der Waals surface area (Å²) < 4.78 is 6.36. The fourth-order valence-electron chi connectivity index (χ4n) is 1.42. The molecule has 0 saturated carbocycles. The normalized spacial score (nSPS) is 10.6. The van der Waals surface area contributed by atoms with Gasteiger partial charge in [-0.3, -0.25) is 0 Å². The molecule has 0 radical (unpaired) electrons. The Morgan fingerprint density at radius 1 is 1.25 bits per heavy atom. The number of hydrogen-bond donors (Lipinski definition) is 1. The van der Waals surface area contributed by atoms with Crippen LogP contribution in [-0.4, -0.2) is 0 Å². The third-order valence-corrected chi connectivity index (χ3v) is 4.10. The quantitative estimate of drug-likeness (QED) is 0.873. The molecule has 84 valence electrons. The molecule has 0 fully saturated rings. The van der Waals surface area contributed by atoms with Gasteiger partial charge >= 0.3 is 0 Å². The smallest absolute Gasteiger partial charge is 0.113 e. The minimum atomic E-state index is 0.544. The van der Waals surface area contributed by atoms with E-state index in [2.05, 4.69) is 22.0 Å². The van der Waals surface area contributed by atoms with E-state index in [1.165, 1.54) is 4.90 Å². The largest absolute Gasteiger partial charge is 0.468 e. The molecule has 0 saturated heterocycles. The van der Waals surface area contributed by atoms with Crippen LogP contribution in [0.1, 0.15) is 11.3 Å². The number of rotatable bonds is 4. The van der Waals surface area contributed by atoms with Crippen molar-refractivity contribution in [1.82, 2.24) is 0 Å². The van der Waals surface area contributed by atoms with Crippen LogP contribution in [0.25, 0.3) is 0 Å². The van der Waals surface area contributed by atoms with Crippen molar-refractivity contribution in [3.05, 3.63) is 52.4 Å². The lowest BCUT2D eigenvalue weighted by Crippen LogP contribution is -1.99. The van der Waals surface area contributed by atoms with Crippen molar-refractivity contribution in [3.8, 4) is 0 Å². The molecule has 0 atom stereocenters. The van der Waals surface area contributed by atoms with Crippen LogP contribution in [0.5, 0.6) is 0 Å². The summed E-state index contributed by atoms with van der Waals surface area (Å²) >= 11 is 5.25. The predicted molar refractivity (Wildman–Crippen MR) is 70.3 cm³/mol. The Morgan fingerprint density at radius 3 is 2.81 bits per heavy atom. The Hall–Kier alpha value is -0.710. The van der Waals surface area contributed by atoms with E-state index in [1.807, 2.05) is 24.3 Å². The number of benzene rings is 1. The van der Waals surface area contributed by atoms with E-state index >= 15 is 0 Å². The summed E-state index contributed by atoms with van der Waals surface area (Å²) in [5.74, 6) is 1.81. The molecule has 4 heteroatoms. The van der Waals surface area contributed by atoms with Crippen LogP contribution < -0.4 is 5.73 Å². The predicted octanol–water partition coefficient (Wildman–Crippen LogP) is 3.79. The molecule has 0 amide bonds. The first kappa shape index (κ1) is 11.8. The maximum Gasteiger partial charge on any atom is 0.113 e.